The Morgan fingerprint density at radius 3 is 2.58 bits per heavy atom. The average molecular weight is 565 g/mol. The summed E-state index contributed by atoms with van der Waals surface area (Å²) >= 11 is 6.24. The summed E-state index contributed by atoms with van der Waals surface area (Å²) in [7, 11) is 1.57. The number of aliphatic hydroxyl groups excluding tert-OH is 1. The molecule has 40 heavy (non-hydrogen) atoms. The summed E-state index contributed by atoms with van der Waals surface area (Å²) in [6.07, 6.45) is 0.893. The molecule has 0 unspecified atom stereocenters. The Morgan fingerprint density at radius 2 is 1.90 bits per heavy atom. The summed E-state index contributed by atoms with van der Waals surface area (Å²) < 4.78 is 5.21. The molecule has 0 aliphatic carbocycles. The molecule has 1 fully saturated rings. The van der Waals surface area contributed by atoms with Crippen molar-refractivity contribution >= 4 is 34.8 Å². The lowest BCUT2D eigenvalue weighted by atomic mass is 10.00. The average Bonchev–Trinajstić information content (AvgIpc) is 3.39. The number of amides is 2. The first-order valence-electron chi connectivity index (χ1n) is 13.6. The molecule has 3 aromatic rings. The van der Waals surface area contributed by atoms with Gasteiger partial charge in [-0.3, -0.25) is 9.59 Å². The number of ether oxygens (including phenoxy) is 1. The van der Waals surface area contributed by atoms with E-state index in [1.54, 1.807) is 30.2 Å². The van der Waals surface area contributed by atoms with E-state index in [0.717, 1.165) is 23.2 Å². The number of halogens is 1. The number of rotatable bonds is 13. The maximum atomic E-state index is 13.5. The summed E-state index contributed by atoms with van der Waals surface area (Å²) in [6.45, 7) is 4.04. The second-order valence-corrected chi connectivity index (χ2v) is 10.3. The number of hydrogen-bond acceptors (Lipinski definition) is 6. The van der Waals surface area contributed by atoms with Gasteiger partial charge in [0.25, 0.3) is 5.91 Å². The highest BCUT2D eigenvalue weighted by Crippen LogP contribution is 2.27. The van der Waals surface area contributed by atoms with Gasteiger partial charge in [-0.15, -0.1) is 0 Å². The summed E-state index contributed by atoms with van der Waals surface area (Å²) in [4.78, 5) is 27.7. The molecule has 0 aromatic heterocycles. The van der Waals surface area contributed by atoms with Gasteiger partial charge in [0.15, 0.2) is 0 Å². The molecule has 3 aromatic carbocycles. The highest BCUT2D eigenvalue weighted by atomic mass is 35.5. The molecule has 4 N–H and O–H groups in total. The molecule has 0 saturated carbocycles. The van der Waals surface area contributed by atoms with Gasteiger partial charge in [0, 0.05) is 49.5 Å². The van der Waals surface area contributed by atoms with Gasteiger partial charge in [0.1, 0.15) is 5.75 Å². The molecule has 1 heterocycles. The molecule has 2 atom stereocenters. The number of aliphatic hydroxyl groups is 1. The summed E-state index contributed by atoms with van der Waals surface area (Å²) in [5, 5.41) is 21.3. The van der Waals surface area contributed by atoms with E-state index in [0.29, 0.717) is 54.5 Å². The minimum Gasteiger partial charge on any atom is -0.495 e. The number of anilines is 2. The number of hydrogen-bond donors (Lipinski definition) is 4. The van der Waals surface area contributed by atoms with Gasteiger partial charge in [-0.25, -0.2) is 0 Å². The van der Waals surface area contributed by atoms with Crippen LogP contribution in [0.15, 0.2) is 66.7 Å². The fourth-order valence-corrected chi connectivity index (χ4v) is 5.14. The molecular weight excluding hydrogens is 528 g/mol. The Balaban J connectivity index is 1.49. The molecule has 212 valence electrons. The number of nitrogens with one attached hydrogen (secondary N) is 3. The normalized spacial score (nSPS) is 14.6. The third kappa shape index (κ3) is 7.75. The monoisotopic (exact) mass is 564 g/mol. The minimum absolute atomic E-state index is 0.0570. The summed E-state index contributed by atoms with van der Waals surface area (Å²) in [5.41, 5.74) is 3.85. The molecular formula is C31H37ClN4O4. The van der Waals surface area contributed by atoms with Gasteiger partial charge in [-0.2, -0.15) is 0 Å². The lowest BCUT2D eigenvalue weighted by Gasteiger charge is -2.25. The Labute approximate surface area is 240 Å². The molecule has 4 rings (SSSR count). The first-order valence-corrected chi connectivity index (χ1v) is 14.0. The van der Waals surface area contributed by atoms with Crippen molar-refractivity contribution in [2.75, 3.05) is 37.0 Å². The van der Waals surface area contributed by atoms with Gasteiger partial charge in [0.2, 0.25) is 5.91 Å². The molecule has 9 heteroatoms. The zero-order chi connectivity index (χ0) is 28.5. The van der Waals surface area contributed by atoms with E-state index >= 15 is 0 Å². The third-order valence-corrected chi connectivity index (χ3v) is 7.22. The minimum atomic E-state index is -0.866. The molecule has 0 spiro atoms. The summed E-state index contributed by atoms with van der Waals surface area (Å²) in [5.74, 6) is 0.350. The van der Waals surface area contributed by atoms with Crippen LogP contribution >= 0.6 is 11.6 Å². The Kier molecular flexibility index (Phi) is 10.4. The largest absolute Gasteiger partial charge is 0.495 e. The fraction of sp³-hybridized carbons (Fsp3) is 0.355. The molecule has 1 aliphatic rings. The highest BCUT2D eigenvalue weighted by molar-refractivity contribution is 6.32. The van der Waals surface area contributed by atoms with Crippen LogP contribution in [0.4, 0.5) is 11.4 Å². The van der Waals surface area contributed by atoms with Crippen LogP contribution in [0.3, 0.4) is 0 Å². The molecule has 8 nitrogen and oxygen atoms in total. The molecule has 1 saturated heterocycles. The fourth-order valence-electron chi connectivity index (χ4n) is 4.85. The van der Waals surface area contributed by atoms with Gasteiger partial charge in [-0.05, 0) is 61.2 Å². The number of carbonyl (C=O) groups is 2. The Bertz CT molecular complexity index is 1300. The van der Waals surface area contributed by atoms with Gasteiger partial charge < -0.3 is 30.7 Å². The molecule has 2 amide bonds. The van der Waals surface area contributed by atoms with Crippen molar-refractivity contribution in [3.8, 4) is 5.75 Å². The van der Waals surface area contributed by atoms with Crippen LogP contribution in [0, 0.1) is 0 Å². The maximum Gasteiger partial charge on any atom is 0.251 e. The van der Waals surface area contributed by atoms with Crippen LogP contribution in [0.1, 0.15) is 41.3 Å². The van der Waals surface area contributed by atoms with Gasteiger partial charge >= 0.3 is 0 Å². The van der Waals surface area contributed by atoms with Crippen molar-refractivity contribution < 1.29 is 19.4 Å². The standard InChI is InChI=1S/C31H37ClN4O4/c1-3-34-24-16-23(17-25(18-24)36-13-7-10-30(36)38)31(39)35-27(15-21-8-5-4-6-9-21)28(37)20-33-19-22-11-12-29(40-2)26(32)14-22/h4-6,8-9,11-12,14,16-18,27-28,33-34,37H,3,7,10,13,15,19-20H2,1-2H3,(H,35,39)/t27-,28+/m0/s1. The van der Waals surface area contributed by atoms with Crippen LogP contribution in [0.25, 0.3) is 0 Å². The second-order valence-electron chi connectivity index (χ2n) is 9.88. The van der Waals surface area contributed by atoms with Crippen molar-refractivity contribution in [1.82, 2.24) is 10.6 Å². The Morgan fingerprint density at radius 1 is 1.10 bits per heavy atom. The van der Waals surface area contributed by atoms with Crippen LogP contribution in [-0.4, -0.2) is 55.8 Å². The summed E-state index contributed by atoms with van der Waals surface area (Å²) in [6, 6.07) is 20.2. The van der Waals surface area contributed by atoms with Crippen LogP contribution < -0.4 is 25.6 Å². The third-order valence-electron chi connectivity index (χ3n) is 6.92. The van der Waals surface area contributed by atoms with E-state index < -0.39 is 12.1 Å². The van der Waals surface area contributed by atoms with Crippen molar-refractivity contribution in [2.45, 2.75) is 44.9 Å². The van der Waals surface area contributed by atoms with Gasteiger partial charge in [-0.1, -0.05) is 48.0 Å². The number of benzene rings is 3. The van der Waals surface area contributed by atoms with E-state index in [-0.39, 0.29) is 18.4 Å². The number of carbonyl (C=O) groups excluding carboxylic acids is 2. The van der Waals surface area contributed by atoms with Crippen LogP contribution in [0.2, 0.25) is 5.02 Å². The van der Waals surface area contributed by atoms with Gasteiger partial charge in [0.05, 0.1) is 24.3 Å². The lowest BCUT2D eigenvalue weighted by molar-refractivity contribution is -0.117. The molecule has 0 bridgehead atoms. The first-order chi connectivity index (χ1) is 19.4. The van der Waals surface area contributed by atoms with E-state index in [2.05, 4.69) is 16.0 Å². The number of methoxy groups -OCH3 is 1. The highest BCUT2D eigenvalue weighted by Gasteiger charge is 2.26. The van der Waals surface area contributed by atoms with Crippen molar-refractivity contribution in [3.63, 3.8) is 0 Å². The number of nitrogens with zero attached hydrogens (tertiary/aromatic N) is 1. The lowest BCUT2D eigenvalue weighted by Crippen LogP contribution is -2.48. The van der Waals surface area contributed by atoms with E-state index in [1.165, 1.54) is 0 Å². The predicted octanol–water partition coefficient (Wildman–Crippen LogP) is 4.40. The van der Waals surface area contributed by atoms with E-state index in [9.17, 15) is 14.7 Å². The SMILES string of the molecule is CCNc1cc(C(=O)N[C@@H](Cc2ccccc2)[C@H](O)CNCc2ccc(OC)c(Cl)c2)cc(N2CCCC2=O)c1. The van der Waals surface area contributed by atoms with E-state index in [4.69, 9.17) is 16.3 Å². The predicted molar refractivity (Wildman–Crippen MR) is 159 cm³/mol. The van der Waals surface area contributed by atoms with Crippen molar-refractivity contribution in [1.29, 1.82) is 0 Å². The zero-order valence-corrected chi connectivity index (χ0v) is 23.7. The molecule has 1 aliphatic heterocycles. The molecule has 0 radical (unpaired) electrons. The smallest absolute Gasteiger partial charge is 0.251 e. The second kappa shape index (κ2) is 14.2. The van der Waals surface area contributed by atoms with Crippen molar-refractivity contribution in [3.05, 3.63) is 88.4 Å². The van der Waals surface area contributed by atoms with Crippen molar-refractivity contribution in [2.24, 2.45) is 0 Å². The maximum absolute atomic E-state index is 13.5. The quantitative estimate of drug-likeness (QED) is 0.245. The first kappa shape index (κ1) is 29.4. The Hall–Kier alpha value is -3.59. The topological polar surface area (TPSA) is 103 Å². The zero-order valence-electron chi connectivity index (χ0n) is 23.0. The van der Waals surface area contributed by atoms with Crippen LogP contribution in [0.5, 0.6) is 5.75 Å². The van der Waals surface area contributed by atoms with Crippen LogP contribution in [-0.2, 0) is 17.8 Å². The van der Waals surface area contributed by atoms with E-state index in [1.807, 2.05) is 55.5 Å².